The quantitative estimate of drug-likeness (QED) is 0.0487. The highest BCUT2D eigenvalue weighted by atomic mass is 35.5. The summed E-state index contributed by atoms with van der Waals surface area (Å²) in [5, 5.41) is 139. The first-order valence-corrected chi connectivity index (χ1v) is 39.9. The molecule has 6 aromatic rings. The van der Waals surface area contributed by atoms with Crippen LogP contribution in [0.5, 0.6) is 51.7 Å². The SMILES string of the molecule is CN[C@H](CC(C)C)C(=O)N[C@H]1C(=O)NC(CC(N)=O)C(=O)NC2C(=O)N[C@H]3C(=O)N[C@H](C(=O)N[C@@H](C(=O)O)c4cc(O)cc(O)c4-c4cc3ccc4O)[C@H](O)c3ccc(c(Cl)c3)Oc3cc2cc(c3O[C@@H]2O[C@H](CO)[C@@H](O)[C@H](O)[C@H]2O[C@H]2C[C@](C)(NCCOC3CCN(C(=O)Nc4ccc(OC(F)(F)F)cc4)CC3)[C@H](O)[C@H](C)O2)Oc2ccc(cc2Cl)[C@H]1O. The second-order valence-electron chi connectivity index (χ2n) is 31.1. The Morgan fingerprint density at radius 1 is 0.718 bits per heavy atom. The third kappa shape index (κ3) is 21.1. The van der Waals surface area contributed by atoms with Gasteiger partial charge in [0.1, 0.15) is 95.2 Å². The standard InChI is InChI=1S/C81H92Cl2F3N11O27/c1-33(2)22-47(88-5)71(108)95-62-64(103)36-7-14-51(45(82)24-36)119-53-26-38-27-54(68(53)123-78-69(67(106)66(105)55(32-98)121-78)122-57-31-80(4,70(107)34(3)118-57)89-18-21-117-41-16-19-97(20-17-41)79(116)90-39-9-11-42(12-10-39)124-81(84,85)86)120-52-15-8-37(25-46(52)83)65(104)63-76(113)94-61(77(114)115)44-28-40(99)29-50(101)58(44)43-23-35(6-13-49(43)100)59(73(110)96-63)93-74(111)60(38)92-72(109)48(30-56(87)102)91-75(62)112/h6-15,23-29,33-34,41,47-48,55,57,59-67,69-70,78,88-89,98-101,103-107H,16-22,30-32H2,1-5H3,(H2,87,102)(H,90,116)(H,91,112)(H,92,109)(H,93,111)(H,94,113)(H,95,108)(H,96,110)(H,114,115)/t34-,47+,48?,55+,57-,59+,60?,61+,62+,63-,64+,65+,66+,67-,69+,70+,78-,80-/m0/s1. The fraction of sp³-hybridized carbons (Fsp3) is 0.444. The van der Waals surface area contributed by atoms with Crippen molar-refractivity contribution in [3.8, 4) is 62.9 Å². The number of rotatable bonds is 20. The van der Waals surface area contributed by atoms with Crippen molar-refractivity contribution in [2.24, 2.45) is 11.7 Å². The number of anilines is 1. The van der Waals surface area contributed by atoms with Crippen molar-refractivity contribution >= 4 is 82.2 Å². The van der Waals surface area contributed by atoms with Gasteiger partial charge in [-0.05, 0) is 147 Å². The van der Waals surface area contributed by atoms with Crippen LogP contribution in [0.2, 0.25) is 10.0 Å². The van der Waals surface area contributed by atoms with Gasteiger partial charge in [-0.3, -0.25) is 33.6 Å². The number of hydrogen-bond donors (Lipinski definition) is 20. The highest BCUT2D eigenvalue weighted by molar-refractivity contribution is 6.32. The molecule has 6 aromatic carbocycles. The minimum absolute atomic E-state index is 0.0564. The van der Waals surface area contributed by atoms with Gasteiger partial charge in [-0.25, -0.2) is 9.59 Å². The first-order chi connectivity index (χ1) is 58.7. The number of carboxylic acid groups (broad SMARTS) is 1. The monoisotopic (exact) mass is 1780 g/mol. The zero-order valence-corrected chi connectivity index (χ0v) is 68.2. The molecule has 0 radical (unpaired) electrons. The van der Waals surface area contributed by atoms with Crippen molar-refractivity contribution in [3.05, 3.63) is 141 Å². The number of aromatic hydroxyl groups is 3. The first-order valence-electron chi connectivity index (χ1n) is 39.1. The van der Waals surface area contributed by atoms with Gasteiger partial charge in [0.15, 0.2) is 29.9 Å². The van der Waals surface area contributed by atoms with Crippen LogP contribution in [-0.2, 0) is 57.3 Å². The number of nitrogens with two attached hydrogens (primary N) is 1. The Balaban J connectivity index is 0.951. The van der Waals surface area contributed by atoms with Crippen LogP contribution < -0.4 is 72.5 Å². The lowest BCUT2D eigenvalue weighted by Crippen LogP contribution is -2.65. The largest absolute Gasteiger partial charge is 0.573 e. The molecule has 18 atom stereocenters. The number of carbonyl (C=O) groups is 9. The summed E-state index contributed by atoms with van der Waals surface area (Å²) in [4.78, 5) is 133. The summed E-state index contributed by atoms with van der Waals surface area (Å²) in [6.45, 7) is 6.38. The molecule has 11 bridgehead atoms. The number of nitrogens with zero attached hydrogens (tertiary/aromatic N) is 1. The number of carbonyl (C=O) groups excluding carboxylic acids is 8. The number of carboxylic acids is 1. The van der Waals surface area contributed by atoms with Gasteiger partial charge >= 0.3 is 18.4 Å². The van der Waals surface area contributed by atoms with Gasteiger partial charge < -0.3 is 147 Å². The van der Waals surface area contributed by atoms with Crippen molar-refractivity contribution in [1.82, 2.24) is 47.4 Å². The molecular formula is C81H92Cl2F3N11O27. The van der Waals surface area contributed by atoms with E-state index in [0.29, 0.717) is 12.8 Å². The van der Waals surface area contributed by atoms with Gasteiger partial charge in [0.05, 0.1) is 54.0 Å². The number of phenolic OH excluding ortho intramolecular Hbond substituents is 3. The number of hydrogen-bond acceptors (Lipinski definition) is 28. The molecule has 0 aliphatic carbocycles. The molecule has 14 rings (SSSR count). The maximum Gasteiger partial charge on any atom is 0.573 e. The highest BCUT2D eigenvalue weighted by Gasteiger charge is 2.53. The molecule has 3 fully saturated rings. The smallest absolute Gasteiger partial charge is 0.508 e. The third-order valence-electron chi connectivity index (χ3n) is 21.8. The number of benzene rings is 6. The van der Waals surface area contributed by atoms with Gasteiger partial charge in [-0.1, -0.05) is 55.2 Å². The number of phenols is 3. The molecule has 3 saturated heterocycles. The van der Waals surface area contributed by atoms with E-state index in [1.165, 1.54) is 43.1 Å². The number of nitrogens with one attached hydrogen (secondary N) is 9. The second kappa shape index (κ2) is 38.5. The first kappa shape index (κ1) is 92.0. The van der Waals surface area contributed by atoms with Crippen LogP contribution >= 0.6 is 23.2 Å². The average molecular weight is 1780 g/mol. The number of aliphatic hydroxyl groups excluding tert-OH is 6. The number of fused-ring (bicyclic) bond motifs is 15. The van der Waals surface area contributed by atoms with Crippen molar-refractivity contribution < 1.29 is 145 Å². The summed E-state index contributed by atoms with van der Waals surface area (Å²) in [5.74, 6) is -17.0. The fourth-order valence-electron chi connectivity index (χ4n) is 15.4. The topological polar surface area (TPSA) is 567 Å². The summed E-state index contributed by atoms with van der Waals surface area (Å²) < 4.78 is 87.6. The number of aliphatic hydroxyl groups is 6. The summed E-state index contributed by atoms with van der Waals surface area (Å²) in [6, 6.07) is 2.98. The summed E-state index contributed by atoms with van der Waals surface area (Å²) in [5.41, 5.74) is 1.65. The van der Waals surface area contributed by atoms with E-state index in [2.05, 4.69) is 52.6 Å². The van der Waals surface area contributed by atoms with E-state index < -0.39 is 260 Å². The second-order valence-corrected chi connectivity index (χ2v) is 31.9. The predicted octanol–water partition coefficient (Wildman–Crippen LogP) is 3.35. The number of piperidine rings is 1. The normalized spacial score (nSPS) is 27.1. The number of likely N-dealkylation sites (tertiary alicyclic amines) is 1. The van der Waals surface area contributed by atoms with Crippen molar-refractivity contribution in [2.75, 3.05) is 45.2 Å². The molecule has 21 N–H and O–H groups in total. The number of likely N-dealkylation sites (N-methyl/N-ethyl adjacent to an activating group) is 1. The van der Waals surface area contributed by atoms with Gasteiger partial charge in [-0.15, -0.1) is 13.2 Å². The zero-order chi connectivity index (χ0) is 89.8. The van der Waals surface area contributed by atoms with E-state index in [0.717, 1.165) is 78.9 Å². The van der Waals surface area contributed by atoms with Crippen molar-refractivity contribution in [1.29, 1.82) is 0 Å². The Bertz CT molecular complexity index is 5020. The van der Waals surface area contributed by atoms with Crippen molar-refractivity contribution in [3.63, 3.8) is 0 Å². The molecule has 38 nitrogen and oxygen atoms in total. The Morgan fingerprint density at radius 2 is 1.34 bits per heavy atom. The van der Waals surface area contributed by atoms with Gasteiger partial charge in [-0.2, -0.15) is 0 Å². The Morgan fingerprint density at radius 3 is 1.94 bits per heavy atom. The van der Waals surface area contributed by atoms with Crippen LogP contribution in [0.3, 0.4) is 0 Å². The van der Waals surface area contributed by atoms with E-state index in [4.69, 9.17) is 62.1 Å². The van der Waals surface area contributed by atoms with Crippen LogP contribution in [0.15, 0.2) is 103 Å². The minimum Gasteiger partial charge on any atom is -0.508 e. The van der Waals surface area contributed by atoms with Gasteiger partial charge in [0.2, 0.25) is 53.4 Å². The van der Waals surface area contributed by atoms with Crippen LogP contribution in [0.25, 0.3) is 11.1 Å². The summed E-state index contributed by atoms with van der Waals surface area (Å²) in [6.07, 6.45) is -23.8. The maximum atomic E-state index is 16.2. The Labute approximate surface area is 714 Å². The summed E-state index contributed by atoms with van der Waals surface area (Å²) in [7, 11) is 1.46. The van der Waals surface area contributed by atoms with Crippen LogP contribution in [0, 0.1) is 5.92 Å². The van der Waals surface area contributed by atoms with E-state index in [9.17, 15) is 93.0 Å². The highest BCUT2D eigenvalue weighted by Crippen LogP contribution is 2.50. The Hall–Kier alpha value is -11.2. The number of primary amides is 1. The lowest BCUT2D eigenvalue weighted by molar-refractivity contribution is -0.334. The molecule has 0 saturated carbocycles. The average Bonchev–Trinajstić information content (AvgIpc) is 0.766. The van der Waals surface area contributed by atoms with Gasteiger partial charge in [0, 0.05) is 60.0 Å². The molecule has 8 aliphatic rings. The number of ether oxygens (including phenoxy) is 8. The van der Waals surface area contributed by atoms with Gasteiger partial charge in [0.25, 0.3) is 0 Å². The van der Waals surface area contributed by atoms with Crippen LogP contribution in [-0.4, -0.2) is 241 Å². The summed E-state index contributed by atoms with van der Waals surface area (Å²) >= 11 is 14.3. The van der Waals surface area contributed by atoms with E-state index in [1.54, 1.807) is 20.8 Å². The minimum atomic E-state index is -4.91. The lowest BCUT2D eigenvalue weighted by atomic mass is 9.85. The maximum absolute atomic E-state index is 16.2. The lowest BCUT2D eigenvalue weighted by Gasteiger charge is -2.48. The fourth-order valence-corrected chi connectivity index (χ4v) is 15.8. The molecule has 0 aromatic heterocycles. The third-order valence-corrected chi connectivity index (χ3v) is 22.4. The van der Waals surface area contributed by atoms with E-state index in [-0.39, 0.29) is 79.2 Å². The molecule has 8 heterocycles. The molecule has 668 valence electrons. The molecule has 43 heteroatoms. The zero-order valence-electron chi connectivity index (χ0n) is 66.7. The number of aliphatic carboxylic acids is 1. The number of alkyl halides is 3. The molecule has 124 heavy (non-hydrogen) atoms. The predicted molar refractivity (Wildman–Crippen MR) is 426 cm³/mol. The number of urea groups is 1. The number of amides is 9. The molecule has 2 unspecified atom stereocenters. The van der Waals surface area contributed by atoms with Crippen LogP contribution in [0.1, 0.15) is 118 Å². The molecule has 9 amide bonds. The Kier molecular flexibility index (Phi) is 28.6. The van der Waals surface area contributed by atoms with E-state index in [1.807, 2.05) is 0 Å². The number of halogens is 5. The molecular weight excluding hydrogens is 1690 g/mol. The van der Waals surface area contributed by atoms with Crippen LogP contribution in [0.4, 0.5) is 23.7 Å². The molecule has 8 aliphatic heterocycles. The molecule has 0 spiro atoms. The van der Waals surface area contributed by atoms with E-state index >= 15 is 14.4 Å². The van der Waals surface area contributed by atoms with Crippen molar-refractivity contribution in [2.45, 2.75) is 182 Å².